The predicted octanol–water partition coefficient (Wildman–Crippen LogP) is 4.16. The number of methoxy groups -OCH3 is 1. The summed E-state index contributed by atoms with van der Waals surface area (Å²) in [6, 6.07) is 16.8. The second-order valence-corrected chi connectivity index (χ2v) is 6.98. The molecule has 0 aromatic heterocycles. The topological polar surface area (TPSA) is 50.4 Å². The Morgan fingerprint density at radius 2 is 1.96 bits per heavy atom. The number of benzene rings is 2. The minimum Gasteiger partial charge on any atom is -0.466 e. The maximum absolute atomic E-state index is 11.1. The maximum Gasteiger partial charge on any atom is 0.330 e. The van der Waals surface area contributed by atoms with Gasteiger partial charge in [-0.3, -0.25) is 0 Å². The lowest BCUT2D eigenvalue weighted by Gasteiger charge is -2.24. The molecule has 0 spiro atoms. The molecule has 1 aliphatic rings. The number of esters is 1. The minimum absolute atomic E-state index is 0. The summed E-state index contributed by atoms with van der Waals surface area (Å²) >= 11 is 0. The smallest absolute Gasteiger partial charge is 0.330 e. The summed E-state index contributed by atoms with van der Waals surface area (Å²) in [5, 5.41) is 7.06. The first-order valence-electron chi connectivity index (χ1n) is 9.00. The molecule has 27 heavy (non-hydrogen) atoms. The Morgan fingerprint density at radius 1 is 1.22 bits per heavy atom. The quantitative estimate of drug-likeness (QED) is 0.426. The van der Waals surface area contributed by atoms with Gasteiger partial charge in [0.25, 0.3) is 0 Å². The van der Waals surface area contributed by atoms with Crippen LogP contribution in [0, 0.1) is 0 Å². The highest BCUT2D eigenvalue weighted by Crippen LogP contribution is 2.38. The molecule has 2 aromatic carbocycles. The lowest BCUT2D eigenvalue weighted by atomic mass is 9.81. The molecule has 0 bridgehead atoms. The number of carbonyl (C=O) groups excluding carboxylic acids is 1. The van der Waals surface area contributed by atoms with Gasteiger partial charge >= 0.3 is 5.97 Å². The molecule has 1 atom stereocenters. The third-order valence-corrected chi connectivity index (χ3v) is 5.02. The van der Waals surface area contributed by atoms with E-state index in [9.17, 15) is 4.79 Å². The summed E-state index contributed by atoms with van der Waals surface area (Å²) < 4.78 is 4.59. The van der Waals surface area contributed by atoms with Crippen molar-refractivity contribution in [2.24, 2.45) is 0 Å². The average molecular weight is 387 g/mol. The van der Waals surface area contributed by atoms with Crippen molar-refractivity contribution in [3.05, 3.63) is 71.3 Å². The van der Waals surface area contributed by atoms with Gasteiger partial charge in [0.05, 0.1) is 7.11 Å². The molecule has 5 heteroatoms. The van der Waals surface area contributed by atoms with Gasteiger partial charge in [-0.25, -0.2) is 4.79 Å². The van der Waals surface area contributed by atoms with Gasteiger partial charge in [0.15, 0.2) is 0 Å². The monoisotopic (exact) mass is 386 g/mol. The van der Waals surface area contributed by atoms with Crippen LogP contribution in [0.4, 0.5) is 5.69 Å². The van der Waals surface area contributed by atoms with Crippen LogP contribution in [0.15, 0.2) is 54.6 Å². The first kappa shape index (κ1) is 21.0. The molecule has 2 aromatic rings. The number of rotatable bonds is 7. The summed E-state index contributed by atoms with van der Waals surface area (Å²) in [5.41, 5.74) is 5.09. The number of fused-ring (bicyclic) bond motifs is 1. The molecule has 4 nitrogen and oxygen atoms in total. The van der Waals surface area contributed by atoms with Gasteiger partial charge < -0.3 is 15.4 Å². The number of para-hydroxylation sites is 1. The molecule has 0 saturated carbocycles. The van der Waals surface area contributed by atoms with Gasteiger partial charge in [0.2, 0.25) is 0 Å². The fraction of sp³-hybridized carbons (Fsp3) is 0.318. The van der Waals surface area contributed by atoms with Crippen molar-refractivity contribution in [3.8, 4) is 0 Å². The van der Waals surface area contributed by atoms with Crippen LogP contribution < -0.4 is 10.6 Å². The number of anilines is 1. The molecule has 1 heterocycles. The highest BCUT2D eigenvalue weighted by atomic mass is 35.5. The van der Waals surface area contributed by atoms with Crippen molar-refractivity contribution >= 4 is 30.1 Å². The van der Waals surface area contributed by atoms with E-state index in [1.54, 1.807) is 6.08 Å². The number of hydrogen-bond acceptors (Lipinski definition) is 4. The summed E-state index contributed by atoms with van der Waals surface area (Å²) in [7, 11) is 1.38. The van der Waals surface area contributed by atoms with Crippen LogP contribution >= 0.6 is 12.4 Å². The van der Waals surface area contributed by atoms with Crippen molar-refractivity contribution in [3.63, 3.8) is 0 Å². The van der Waals surface area contributed by atoms with Crippen LogP contribution in [0.25, 0.3) is 6.08 Å². The highest BCUT2D eigenvalue weighted by Gasteiger charge is 2.33. The number of ether oxygens (including phenoxy) is 1. The number of hydrogen-bond donors (Lipinski definition) is 2. The Balaban J connectivity index is 0.00000261. The van der Waals surface area contributed by atoms with Gasteiger partial charge in [-0.15, -0.1) is 12.4 Å². The molecule has 0 radical (unpaired) electrons. The molecular formula is C22H27ClN2O2. The summed E-state index contributed by atoms with van der Waals surface area (Å²) in [5.74, 6) is -0.341. The van der Waals surface area contributed by atoms with E-state index < -0.39 is 0 Å². The zero-order chi connectivity index (χ0) is 18.4. The van der Waals surface area contributed by atoms with Crippen molar-refractivity contribution in [2.45, 2.75) is 25.3 Å². The molecule has 1 aliphatic heterocycles. The molecule has 0 amide bonds. The van der Waals surface area contributed by atoms with Crippen molar-refractivity contribution in [1.29, 1.82) is 0 Å². The molecular weight excluding hydrogens is 360 g/mol. The van der Waals surface area contributed by atoms with Crippen LogP contribution in [-0.4, -0.2) is 26.2 Å². The first-order chi connectivity index (χ1) is 12.6. The Hall–Kier alpha value is -2.30. The van der Waals surface area contributed by atoms with Gasteiger partial charge in [-0.1, -0.05) is 49.4 Å². The van der Waals surface area contributed by atoms with Crippen LogP contribution in [0.5, 0.6) is 0 Å². The Bertz CT molecular complexity index is 789. The van der Waals surface area contributed by atoms with Gasteiger partial charge in [0.1, 0.15) is 0 Å². The molecule has 0 fully saturated rings. The summed E-state index contributed by atoms with van der Waals surface area (Å²) in [4.78, 5) is 11.1. The standard InChI is InChI=1S/C22H26N2O2.ClH/c1-22(16-24-20-6-4-3-5-19(20)22)13-14-23-15-18-9-7-17(8-10-18)11-12-21(25)26-2;/h3-12,23-24H,13-16H2,1-2H3;1H. The van der Waals surface area contributed by atoms with Gasteiger partial charge in [0, 0.05) is 30.3 Å². The van der Waals surface area contributed by atoms with Gasteiger partial charge in [-0.2, -0.15) is 0 Å². The van der Waals surface area contributed by atoms with Gasteiger partial charge in [-0.05, 0) is 41.8 Å². The first-order valence-corrected chi connectivity index (χ1v) is 9.00. The molecule has 1 unspecified atom stereocenters. The average Bonchev–Trinajstić information content (AvgIpc) is 3.02. The Labute approximate surface area is 167 Å². The third-order valence-electron chi connectivity index (χ3n) is 5.02. The largest absolute Gasteiger partial charge is 0.466 e. The normalized spacial score (nSPS) is 17.9. The second kappa shape index (κ2) is 9.58. The fourth-order valence-electron chi connectivity index (χ4n) is 3.35. The van der Waals surface area contributed by atoms with Crippen molar-refractivity contribution in [2.75, 3.05) is 25.5 Å². The molecule has 144 valence electrons. The van der Waals surface area contributed by atoms with E-state index in [2.05, 4.69) is 58.7 Å². The second-order valence-electron chi connectivity index (χ2n) is 6.98. The molecule has 3 rings (SSSR count). The molecule has 2 N–H and O–H groups in total. The Morgan fingerprint density at radius 3 is 2.70 bits per heavy atom. The van der Waals surface area contributed by atoms with E-state index in [1.807, 2.05) is 12.1 Å². The van der Waals surface area contributed by atoms with Crippen LogP contribution in [0.1, 0.15) is 30.0 Å². The zero-order valence-electron chi connectivity index (χ0n) is 15.8. The number of carbonyl (C=O) groups is 1. The minimum atomic E-state index is -0.341. The number of nitrogens with one attached hydrogen (secondary N) is 2. The van der Waals surface area contributed by atoms with E-state index in [0.29, 0.717) is 0 Å². The lowest BCUT2D eigenvalue weighted by Crippen LogP contribution is -2.29. The SMILES string of the molecule is COC(=O)C=Cc1ccc(CNCCC2(C)CNc3ccccc32)cc1.Cl. The maximum atomic E-state index is 11.1. The van der Waals surface area contributed by atoms with Crippen LogP contribution in [-0.2, 0) is 21.5 Å². The Kier molecular flexibility index (Phi) is 7.45. The van der Waals surface area contributed by atoms with E-state index >= 15 is 0 Å². The lowest BCUT2D eigenvalue weighted by molar-refractivity contribution is -0.134. The van der Waals surface area contributed by atoms with Crippen LogP contribution in [0.2, 0.25) is 0 Å². The van der Waals surface area contributed by atoms with E-state index in [4.69, 9.17) is 0 Å². The van der Waals surface area contributed by atoms with E-state index in [-0.39, 0.29) is 23.8 Å². The number of halogens is 1. The third kappa shape index (κ3) is 5.34. The van der Waals surface area contributed by atoms with Crippen LogP contribution in [0.3, 0.4) is 0 Å². The van der Waals surface area contributed by atoms with Crippen molar-refractivity contribution < 1.29 is 9.53 Å². The van der Waals surface area contributed by atoms with E-state index in [1.165, 1.54) is 30.0 Å². The molecule has 0 saturated heterocycles. The highest BCUT2D eigenvalue weighted by molar-refractivity contribution is 5.86. The fourth-order valence-corrected chi connectivity index (χ4v) is 3.35. The zero-order valence-corrected chi connectivity index (χ0v) is 16.6. The predicted molar refractivity (Wildman–Crippen MR) is 113 cm³/mol. The summed E-state index contributed by atoms with van der Waals surface area (Å²) in [6.45, 7) is 5.13. The summed E-state index contributed by atoms with van der Waals surface area (Å²) in [6.07, 6.45) is 4.28. The van der Waals surface area contributed by atoms with E-state index in [0.717, 1.165) is 31.6 Å². The molecule has 0 aliphatic carbocycles. The van der Waals surface area contributed by atoms with Crippen molar-refractivity contribution in [1.82, 2.24) is 5.32 Å².